The highest BCUT2D eigenvalue weighted by Crippen LogP contribution is 2.38. The number of para-hydroxylation sites is 1. The van der Waals surface area contributed by atoms with Crippen LogP contribution in [0.2, 0.25) is 0 Å². The molecule has 1 amide bonds. The van der Waals surface area contributed by atoms with Crippen molar-refractivity contribution in [2.45, 2.75) is 44.9 Å². The summed E-state index contributed by atoms with van der Waals surface area (Å²) < 4.78 is 5.75. The molecule has 1 unspecified atom stereocenters. The van der Waals surface area contributed by atoms with Gasteiger partial charge in [-0.2, -0.15) is 0 Å². The van der Waals surface area contributed by atoms with Crippen LogP contribution in [0.25, 0.3) is 0 Å². The highest BCUT2D eigenvalue weighted by molar-refractivity contribution is 14.0. The van der Waals surface area contributed by atoms with Crippen LogP contribution in [-0.4, -0.2) is 62.7 Å². The largest absolute Gasteiger partial charge is 0.379 e. The molecule has 1 N–H and O–H groups in total. The number of nitrogens with one attached hydrogen (secondary N) is 1. The van der Waals surface area contributed by atoms with Gasteiger partial charge >= 0.3 is 0 Å². The van der Waals surface area contributed by atoms with Crippen LogP contribution in [0, 0.1) is 5.92 Å². The van der Waals surface area contributed by atoms with Gasteiger partial charge < -0.3 is 19.9 Å². The fourth-order valence-corrected chi connectivity index (χ4v) is 4.34. The molecule has 30 heavy (non-hydrogen) atoms. The zero-order valence-electron chi connectivity index (χ0n) is 18.0. The lowest BCUT2D eigenvalue weighted by Gasteiger charge is -2.23. The lowest BCUT2D eigenvalue weighted by Crippen LogP contribution is -2.41. The number of carbonyl (C=O) groups excluding carboxylic acids is 1. The maximum absolute atomic E-state index is 12.0. The first kappa shape index (κ1) is 23.3. The second-order valence-electron chi connectivity index (χ2n) is 8.39. The van der Waals surface area contributed by atoms with Gasteiger partial charge in [-0.05, 0) is 50.2 Å². The number of nitrogens with zero attached hydrogens (tertiary/aromatic N) is 3. The fraction of sp³-hybridized carbons (Fsp3) is 0.652. The molecule has 1 aliphatic carbocycles. The van der Waals surface area contributed by atoms with Gasteiger partial charge in [-0.3, -0.25) is 9.79 Å². The number of anilines is 1. The van der Waals surface area contributed by atoms with Crippen molar-refractivity contribution in [1.29, 1.82) is 0 Å². The van der Waals surface area contributed by atoms with E-state index in [0.29, 0.717) is 31.4 Å². The van der Waals surface area contributed by atoms with Gasteiger partial charge in [0.25, 0.3) is 0 Å². The van der Waals surface area contributed by atoms with Crippen molar-refractivity contribution in [3.63, 3.8) is 0 Å². The minimum absolute atomic E-state index is 0. The monoisotopic (exact) mass is 526 g/mol. The van der Waals surface area contributed by atoms with Crippen LogP contribution in [-0.2, 0) is 9.53 Å². The van der Waals surface area contributed by atoms with E-state index in [1.165, 1.54) is 24.1 Å². The van der Waals surface area contributed by atoms with E-state index in [4.69, 9.17) is 9.73 Å². The number of fused-ring (bicyclic) bond motifs is 1. The second-order valence-corrected chi connectivity index (χ2v) is 8.39. The third-order valence-corrected chi connectivity index (χ3v) is 6.13. The van der Waals surface area contributed by atoms with Gasteiger partial charge in [0.05, 0.1) is 13.2 Å². The van der Waals surface area contributed by atoms with Crippen molar-refractivity contribution in [1.82, 2.24) is 10.2 Å². The number of halogens is 1. The molecule has 3 aliphatic rings. The Morgan fingerprint density at radius 1 is 1.30 bits per heavy atom. The Kier molecular flexibility index (Phi) is 8.80. The van der Waals surface area contributed by atoms with Gasteiger partial charge in [0.15, 0.2) is 5.96 Å². The topological polar surface area (TPSA) is 57.2 Å². The Morgan fingerprint density at radius 3 is 2.87 bits per heavy atom. The van der Waals surface area contributed by atoms with Crippen LogP contribution >= 0.6 is 24.0 Å². The average Bonchev–Trinajstić information content (AvgIpc) is 3.36. The lowest BCUT2D eigenvalue weighted by atomic mass is 9.98. The van der Waals surface area contributed by atoms with Gasteiger partial charge in [0.2, 0.25) is 5.91 Å². The minimum atomic E-state index is 0. The molecule has 2 aliphatic heterocycles. The molecule has 1 atom stereocenters. The third-order valence-electron chi connectivity index (χ3n) is 6.13. The summed E-state index contributed by atoms with van der Waals surface area (Å²) in [5.74, 6) is 2.47. The number of aliphatic imine (C=N–C) groups is 1. The summed E-state index contributed by atoms with van der Waals surface area (Å²) in [6, 6.07) is 8.63. The summed E-state index contributed by atoms with van der Waals surface area (Å²) in [5, 5.41) is 3.46. The van der Waals surface area contributed by atoms with Gasteiger partial charge in [-0.1, -0.05) is 18.2 Å². The molecular weight excluding hydrogens is 491 g/mol. The Hall–Kier alpha value is -1.35. The maximum Gasteiger partial charge on any atom is 0.222 e. The van der Waals surface area contributed by atoms with E-state index >= 15 is 0 Å². The fourth-order valence-electron chi connectivity index (χ4n) is 4.34. The van der Waals surface area contributed by atoms with Crippen LogP contribution in [0.1, 0.15) is 50.5 Å². The predicted molar refractivity (Wildman–Crippen MR) is 132 cm³/mol. The molecule has 4 rings (SSSR count). The molecule has 1 aromatic carbocycles. The van der Waals surface area contributed by atoms with Crippen LogP contribution in [0.15, 0.2) is 29.3 Å². The first-order chi connectivity index (χ1) is 14.3. The number of guanidine groups is 1. The SMILES string of the molecule is CCNC(=NCCOCC1CC1)N1CC(CCN2CCCC2=O)c2ccccc21.I. The highest BCUT2D eigenvalue weighted by Gasteiger charge is 2.32. The van der Waals surface area contributed by atoms with E-state index in [0.717, 1.165) is 57.5 Å². The molecule has 6 nitrogen and oxygen atoms in total. The zero-order valence-corrected chi connectivity index (χ0v) is 20.3. The number of rotatable bonds is 9. The molecule has 2 heterocycles. The van der Waals surface area contributed by atoms with Crippen molar-refractivity contribution < 1.29 is 9.53 Å². The van der Waals surface area contributed by atoms with Crippen LogP contribution in [0.5, 0.6) is 0 Å². The van der Waals surface area contributed by atoms with E-state index in [-0.39, 0.29) is 24.0 Å². The van der Waals surface area contributed by atoms with E-state index in [2.05, 4.69) is 41.4 Å². The molecule has 0 aromatic heterocycles. The number of benzene rings is 1. The number of likely N-dealkylation sites (tertiary alicyclic amines) is 1. The lowest BCUT2D eigenvalue weighted by molar-refractivity contribution is -0.127. The van der Waals surface area contributed by atoms with Crippen molar-refractivity contribution in [3.05, 3.63) is 29.8 Å². The molecule has 1 saturated heterocycles. The molecule has 7 heteroatoms. The van der Waals surface area contributed by atoms with Crippen molar-refractivity contribution in [2.24, 2.45) is 10.9 Å². The quantitative estimate of drug-likeness (QED) is 0.231. The number of amides is 1. The second kappa shape index (κ2) is 11.3. The predicted octanol–water partition coefficient (Wildman–Crippen LogP) is 3.61. The smallest absolute Gasteiger partial charge is 0.222 e. The summed E-state index contributed by atoms with van der Waals surface area (Å²) in [4.78, 5) is 21.2. The van der Waals surface area contributed by atoms with Gasteiger partial charge in [-0.25, -0.2) is 0 Å². The van der Waals surface area contributed by atoms with Gasteiger partial charge in [-0.15, -0.1) is 24.0 Å². The van der Waals surface area contributed by atoms with Gasteiger partial charge in [0.1, 0.15) is 0 Å². The van der Waals surface area contributed by atoms with E-state index in [1.807, 2.05) is 4.90 Å². The highest BCUT2D eigenvalue weighted by atomic mass is 127. The summed E-state index contributed by atoms with van der Waals surface area (Å²) in [5.41, 5.74) is 2.61. The number of hydrogen-bond donors (Lipinski definition) is 1. The Balaban J connectivity index is 0.00000256. The number of hydrogen-bond acceptors (Lipinski definition) is 3. The minimum Gasteiger partial charge on any atom is -0.379 e. The molecule has 1 saturated carbocycles. The normalized spacial score (nSPS) is 21.0. The summed E-state index contributed by atoms with van der Waals surface area (Å²) >= 11 is 0. The van der Waals surface area contributed by atoms with Crippen molar-refractivity contribution in [2.75, 3.05) is 50.8 Å². The van der Waals surface area contributed by atoms with E-state index in [1.54, 1.807) is 0 Å². The summed E-state index contributed by atoms with van der Waals surface area (Å²) in [7, 11) is 0. The first-order valence-corrected chi connectivity index (χ1v) is 11.3. The molecule has 166 valence electrons. The molecule has 1 aromatic rings. The molecule has 0 radical (unpaired) electrons. The molecule has 0 spiro atoms. The number of carbonyl (C=O) groups is 1. The number of ether oxygens (including phenoxy) is 1. The third kappa shape index (κ3) is 5.87. The Morgan fingerprint density at radius 2 is 2.13 bits per heavy atom. The molecule has 0 bridgehead atoms. The van der Waals surface area contributed by atoms with Crippen LogP contribution in [0.4, 0.5) is 5.69 Å². The van der Waals surface area contributed by atoms with Gasteiger partial charge in [0, 0.05) is 50.8 Å². The standard InChI is InChI=1S/C23H34N4O2.HI/c1-2-24-23(25-12-15-29-17-18-9-10-18)27-16-19(20-6-3-4-7-21(20)27)11-14-26-13-5-8-22(26)28;/h3-4,6-7,18-19H,2,5,8-17H2,1H3,(H,24,25);1H. The van der Waals surface area contributed by atoms with Crippen LogP contribution in [0.3, 0.4) is 0 Å². The van der Waals surface area contributed by atoms with E-state index in [9.17, 15) is 4.79 Å². The first-order valence-electron chi connectivity index (χ1n) is 11.3. The van der Waals surface area contributed by atoms with Crippen molar-refractivity contribution in [3.8, 4) is 0 Å². The Labute approximate surface area is 197 Å². The molecular formula is C23H35IN4O2. The van der Waals surface area contributed by atoms with Crippen molar-refractivity contribution >= 4 is 41.5 Å². The summed E-state index contributed by atoms with van der Waals surface area (Å²) in [6.07, 6.45) is 5.37. The zero-order chi connectivity index (χ0) is 20.1. The van der Waals surface area contributed by atoms with E-state index < -0.39 is 0 Å². The van der Waals surface area contributed by atoms with Crippen LogP contribution < -0.4 is 10.2 Å². The summed E-state index contributed by atoms with van der Waals surface area (Å²) in [6.45, 7) is 7.88. The maximum atomic E-state index is 12.0. The molecule has 2 fully saturated rings. The average molecular weight is 526 g/mol. The Bertz CT molecular complexity index is 738.